The number of halogens is 1. The van der Waals surface area contributed by atoms with Crippen molar-refractivity contribution in [2.75, 3.05) is 20.3 Å². The molecule has 0 spiro atoms. The number of aromatic hydroxyl groups is 1. The van der Waals surface area contributed by atoms with Crippen LogP contribution in [0.3, 0.4) is 0 Å². The highest BCUT2D eigenvalue weighted by atomic mass is 19.1. The van der Waals surface area contributed by atoms with Crippen molar-refractivity contribution in [3.05, 3.63) is 52.6 Å². The van der Waals surface area contributed by atoms with Crippen molar-refractivity contribution in [2.24, 2.45) is 0 Å². The number of fused-ring (bicyclic) bond motifs is 1. The summed E-state index contributed by atoms with van der Waals surface area (Å²) < 4.78 is 19.2. The number of hydrogen-bond donors (Lipinski definition) is 2. The monoisotopic (exact) mass is 350 g/mol. The summed E-state index contributed by atoms with van der Waals surface area (Å²) in [6, 6.07) is 3.72. The minimum atomic E-state index is -1.07. The lowest BCUT2D eigenvalue weighted by Gasteiger charge is -2.14. The van der Waals surface area contributed by atoms with Crippen molar-refractivity contribution in [3.8, 4) is 5.75 Å². The van der Waals surface area contributed by atoms with E-state index < -0.39 is 41.1 Å². The number of benzene rings is 1. The van der Waals surface area contributed by atoms with E-state index in [4.69, 9.17) is 4.84 Å². The predicted molar refractivity (Wildman–Crippen MR) is 85.8 cm³/mol. The van der Waals surface area contributed by atoms with Crippen LogP contribution in [-0.2, 0) is 9.53 Å². The molecule has 0 aliphatic heterocycles. The zero-order valence-corrected chi connectivity index (χ0v) is 13.2. The molecule has 1 aromatic heterocycles. The molecule has 2 aromatic rings. The first-order chi connectivity index (χ1) is 11.9. The van der Waals surface area contributed by atoms with E-state index in [1.165, 1.54) is 18.2 Å². The van der Waals surface area contributed by atoms with Gasteiger partial charge in [-0.2, -0.15) is 0 Å². The Bertz CT molecular complexity index is 906. The van der Waals surface area contributed by atoms with Crippen LogP contribution in [0.1, 0.15) is 10.4 Å². The fraction of sp³-hybridized carbons (Fsp3) is 0.188. The lowest BCUT2D eigenvalue weighted by Crippen LogP contribution is -2.38. The Morgan fingerprint density at radius 2 is 2.16 bits per heavy atom. The van der Waals surface area contributed by atoms with Gasteiger partial charge in [-0.25, -0.2) is 4.39 Å². The number of methoxy groups -OCH3 is 1. The van der Waals surface area contributed by atoms with E-state index in [-0.39, 0.29) is 17.5 Å². The first-order valence-electron chi connectivity index (χ1n) is 7.07. The maximum Gasteiger partial charge on any atom is 0.325 e. The highest BCUT2D eigenvalue weighted by Gasteiger charge is 2.25. The van der Waals surface area contributed by atoms with Crippen molar-refractivity contribution >= 4 is 22.8 Å². The number of carbonyl (C=O) groups is 2. The first-order valence-corrected chi connectivity index (χ1v) is 7.07. The van der Waals surface area contributed by atoms with Gasteiger partial charge < -0.3 is 20.0 Å². The number of aromatic nitrogens is 1. The molecule has 9 heteroatoms. The smallest absolute Gasteiger partial charge is 0.325 e. The molecule has 0 atom stereocenters. The molecule has 0 aliphatic carbocycles. The zero-order chi connectivity index (χ0) is 18.6. The van der Waals surface area contributed by atoms with Gasteiger partial charge in [0.05, 0.1) is 18.0 Å². The second-order valence-electron chi connectivity index (χ2n) is 4.80. The summed E-state index contributed by atoms with van der Waals surface area (Å²) in [7, 11) is 1.12. The highest BCUT2D eigenvalue weighted by Crippen LogP contribution is 2.28. The molecule has 0 saturated heterocycles. The van der Waals surface area contributed by atoms with Crippen LogP contribution >= 0.6 is 0 Å². The number of esters is 1. The van der Waals surface area contributed by atoms with Crippen molar-refractivity contribution in [3.63, 3.8) is 0 Å². The van der Waals surface area contributed by atoms with Gasteiger partial charge in [-0.3, -0.25) is 14.4 Å². The van der Waals surface area contributed by atoms with Gasteiger partial charge in [0.1, 0.15) is 24.7 Å². The summed E-state index contributed by atoms with van der Waals surface area (Å²) in [5.74, 6) is -3.54. The van der Waals surface area contributed by atoms with Crippen LogP contribution in [0, 0.1) is 5.82 Å². The Morgan fingerprint density at radius 1 is 1.44 bits per heavy atom. The summed E-state index contributed by atoms with van der Waals surface area (Å²) >= 11 is 0. The normalized spacial score (nSPS) is 10.3. The van der Waals surface area contributed by atoms with Crippen LogP contribution in [0.2, 0.25) is 0 Å². The van der Waals surface area contributed by atoms with Crippen LogP contribution in [-0.4, -0.2) is 42.0 Å². The Hall–Kier alpha value is -3.36. The molecule has 2 rings (SSSR count). The Kier molecular flexibility index (Phi) is 5.38. The summed E-state index contributed by atoms with van der Waals surface area (Å²) in [6.45, 7) is 2.81. The molecule has 2 N–H and O–H groups in total. The molecule has 8 nitrogen and oxygen atoms in total. The molecule has 0 bridgehead atoms. The van der Waals surface area contributed by atoms with E-state index >= 15 is 0 Å². The number of nitrogens with zero attached hydrogens (tertiary/aromatic N) is 1. The summed E-state index contributed by atoms with van der Waals surface area (Å²) in [5, 5.41) is 12.0. The molecule has 1 aromatic carbocycles. The van der Waals surface area contributed by atoms with E-state index in [0.29, 0.717) is 4.73 Å². The fourth-order valence-corrected chi connectivity index (χ4v) is 2.13. The fourth-order valence-electron chi connectivity index (χ4n) is 2.13. The molecule has 0 unspecified atom stereocenters. The molecule has 1 heterocycles. The van der Waals surface area contributed by atoms with Crippen molar-refractivity contribution in [1.29, 1.82) is 0 Å². The first kappa shape index (κ1) is 18.0. The Morgan fingerprint density at radius 3 is 2.80 bits per heavy atom. The zero-order valence-electron chi connectivity index (χ0n) is 13.2. The van der Waals surface area contributed by atoms with Crippen LogP contribution in [0.5, 0.6) is 5.75 Å². The number of amides is 1. The molecule has 132 valence electrons. The topological polar surface area (TPSA) is 107 Å². The van der Waals surface area contributed by atoms with Gasteiger partial charge in [0.15, 0.2) is 5.56 Å². The van der Waals surface area contributed by atoms with Crippen molar-refractivity contribution < 1.29 is 28.7 Å². The third-order valence-electron chi connectivity index (χ3n) is 3.25. The average molecular weight is 350 g/mol. The average Bonchev–Trinajstić information content (AvgIpc) is 2.59. The molecule has 0 aliphatic rings. The van der Waals surface area contributed by atoms with Crippen LogP contribution < -0.4 is 15.7 Å². The number of rotatable bonds is 6. The number of ether oxygens (including phenoxy) is 1. The SMILES string of the molecule is C=CCOn1c(=O)c(C(=O)NCC(=O)OC)c(O)c2c(F)cccc21. The minimum absolute atomic E-state index is 0.0612. The summed E-state index contributed by atoms with van der Waals surface area (Å²) in [4.78, 5) is 41.0. The van der Waals surface area contributed by atoms with Crippen molar-refractivity contribution in [1.82, 2.24) is 10.0 Å². The minimum Gasteiger partial charge on any atom is -0.506 e. The van der Waals surface area contributed by atoms with E-state index in [9.17, 15) is 23.9 Å². The maximum atomic E-state index is 14.1. The maximum absolute atomic E-state index is 14.1. The van der Waals surface area contributed by atoms with Gasteiger partial charge in [-0.05, 0) is 12.1 Å². The third kappa shape index (κ3) is 3.44. The van der Waals surface area contributed by atoms with Gasteiger partial charge in [-0.15, -0.1) is 4.73 Å². The Balaban J connectivity index is 2.65. The van der Waals surface area contributed by atoms with E-state index in [1.54, 1.807) is 0 Å². The largest absolute Gasteiger partial charge is 0.506 e. The van der Waals surface area contributed by atoms with Gasteiger partial charge in [0.2, 0.25) is 0 Å². The second-order valence-corrected chi connectivity index (χ2v) is 4.80. The van der Waals surface area contributed by atoms with Gasteiger partial charge >= 0.3 is 5.97 Å². The molecular formula is C16H15FN2O6. The molecule has 25 heavy (non-hydrogen) atoms. The van der Waals surface area contributed by atoms with Crippen LogP contribution in [0.15, 0.2) is 35.6 Å². The number of nitrogens with one attached hydrogen (secondary N) is 1. The number of hydrogen-bond acceptors (Lipinski definition) is 6. The molecule has 0 radical (unpaired) electrons. The summed E-state index contributed by atoms with van der Waals surface area (Å²) in [5.41, 5.74) is -1.83. The van der Waals surface area contributed by atoms with Gasteiger partial charge in [0, 0.05) is 0 Å². The standard InChI is InChI=1S/C16H15FN2O6/c1-3-7-25-19-10-6-4-5-9(17)12(10)14(21)13(16(19)23)15(22)18-8-11(20)24-2/h3-6,21H,1,7-8H2,2H3,(H,18,22). The van der Waals surface area contributed by atoms with Gasteiger partial charge in [0.25, 0.3) is 11.5 Å². The molecule has 1 amide bonds. The Labute approximate surface area is 141 Å². The van der Waals surface area contributed by atoms with Crippen LogP contribution in [0.25, 0.3) is 10.9 Å². The van der Waals surface area contributed by atoms with Gasteiger partial charge in [-0.1, -0.05) is 18.7 Å². The van der Waals surface area contributed by atoms with E-state index in [1.807, 2.05) is 0 Å². The lowest BCUT2D eigenvalue weighted by atomic mass is 10.1. The van der Waals surface area contributed by atoms with Crippen LogP contribution in [0.4, 0.5) is 4.39 Å². The lowest BCUT2D eigenvalue weighted by molar-refractivity contribution is -0.139. The van der Waals surface area contributed by atoms with E-state index in [0.717, 1.165) is 13.2 Å². The second kappa shape index (κ2) is 7.47. The molecule has 0 saturated carbocycles. The molecular weight excluding hydrogens is 335 g/mol. The number of pyridine rings is 1. The van der Waals surface area contributed by atoms with E-state index in [2.05, 4.69) is 16.6 Å². The third-order valence-corrected chi connectivity index (χ3v) is 3.25. The quantitative estimate of drug-likeness (QED) is 0.576. The number of carbonyl (C=O) groups excluding carboxylic acids is 2. The molecule has 0 fully saturated rings. The predicted octanol–water partition coefficient (Wildman–Crippen LogP) is 0.364. The highest BCUT2D eigenvalue weighted by molar-refractivity contribution is 6.03. The summed E-state index contributed by atoms with van der Waals surface area (Å²) in [6.07, 6.45) is 1.35. The van der Waals surface area contributed by atoms with Crippen molar-refractivity contribution in [2.45, 2.75) is 0 Å².